The third-order valence-corrected chi connectivity index (χ3v) is 7.95. The largest absolute Gasteiger partial charge is 0.322 e. The van der Waals surface area contributed by atoms with Crippen LogP contribution in [0.3, 0.4) is 0 Å². The van der Waals surface area contributed by atoms with Crippen molar-refractivity contribution in [2.45, 2.75) is 64.1 Å². The van der Waals surface area contributed by atoms with Crippen LogP contribution < -0.4 is 10.6 Å². The molecular formula is C25H34N4O3. The lowest BCUT2D eigenvalue weighted by Crippen LogP contribution is -2.52. The van der Waals surface area contributed by atoms with Gasteiger partial charge in [-0.2, -0.15) is 0 Å². The number of carbonyl (C=O) groups is 3. The fourth-order valence-corrected chi connectivity index (χ4v) is 6.16. The van der Waals surface area contributed by atoms with Crippen LogP contribution in [-0.4, -0.2) is 59.7 Å². The smallest absolute Gasteiger partial charge is 0.255 e. The third kappa shape index (κ3) is 4.33. The van der Waals surface area contributed by atoms with E-state index < -0.39 is 6.04 Å². The standard InChI is InChI=1S/C25H34N4O3/c30-22-7-6-21(24(31)27-22)29-16-20-4-1-3-19(23(20)25(29)32)15-28-13-9-18(10-14-28)17-5-2-11-26-12-8-17/h1,3-4,17-18,21,26H,2,5-16H2,(H,27,30,31). The molecule has 4 heterocycles. The van der Waals surface area contributed by atoms with Crippen LogP contribution in [0, 0.1) is 11.8 Å². The second kappa shape index (κ2) is 9.32. The lowest BCUT2D eigenvalue weighted by molar-refractivity contribution is -0.136. The second-order valence-electron chi connectivity index (χ2n) is 9.91. The molecule has 0 bridgehead atoms. The van der Waals surface area contributed by atoms with Crippen LogP contribution in [0.25, 0.3) is 0 Å². The van der Waals surface area contributed by atoms with Gasteiger partial charge in [-0.15, -0.1) is 0 Å². The van der Waals surface area contributed by atoms with Gasteiger partial charge < -0.3 is 10.2 Å². The number of piperidine rings is 2. The molecular weight excluding hydrogens is 404 g/mol. The molecule has 1 aromatic rings. The maximum atomic E-state index is 13.3. The van der Waals surface area contributed by atoms with Crippen molar-refractivity contribution in [1.29, 1.82) is 0 Å². The molecule has 5 rings (SSSR count). The van der Waals surface area contributed by atoms with Crippen molar-refractivity contribution >= 4 is 17.7 Å². The van der Waals surface area contributed by atoms with Crippen LogP contribution in [0.4, 0.5) is 0 Å². The summed E-state index contributed by atoms with van der Waals surface area (Å²) in [4.78, 5) is 41.3. The molecule has 2 unspecified atom stereocenters. The van der Waals surface area contributed by atoms with Crippen molar-refractivity contribution in [3.63, 3.8) is 0 Å². The first-order chi connectivity index (χ1) is 15.6. The van der Waals surface area contributed by atoms with Crippen molar-refractivity contribution < 1.29 is 14.4 Å². The van der Waals surface area contributed by atoms with Gasteiger partial charge in [-0.1, -0.05) is 18.2 Å². The molecule has 0 saturated carbocycles. The molecule has 4 aliphatic rings. The first-order valence-electron chi connectivity index (χ1n) is 12.3. The summed E-state index contributed by atoms with van der Waals surface area (Å²) in [5, 5.41) is 5.91. The quantitative estimate of drug-likeness (QED) is 0.704. The Morgan fingerprint density at radius 2 is 1.75 bits per heavy atom. The number of benzene rings is 1. The van der Waals surface area contributed by atoms with E-state index in [1.165, 1.54) is 38.6 Å². The van der Waals surface area contributed by atoms with Crippen molar-refractivity contribution in [3.8, 4) is 0 Å². The number of nitrogens with zero attached hydrogens (tertiary/aromatic N) is 2. The Balaban J connectivity index is 1.23. The first-order valence-corrected chi connectivity index (χ1v) is 12.3. The fourth-order valence-electron chi connectivity index (χ4n) is 6.16. The van der Waals surface area contributed by atoms with Crippen LogP contribution in [0.15, 0.2) is 18.2 Å². The predicted octanol–water partition coefficient (Wildman–Crippen LogP) is 2.05. The molecule has 32 heavy (non-hydrogen) atoms. The zero-order chi connectivity index (χ0) is 22.1. The van der Waals surface area contributed by atoms with Gasteiger partial charge in [-0.3, -0.25) is 24.6 Å². The molecule has 2 atom stereocenters. The molecule has 0 aliphatic carbocycles. The maximum Gasteiger partial charge on any atom is 0.255 e. The van der Waals surface area contributed by atoms with E-state index in [-0.39, 0.29) is 24.1 Å². The van der Waals surface area contributed by atoms with Gasteiger partial charge in [0.2, 0.25) is 11.8 Å². The zero-order valence-corrected chi connectivity index (χ0v) is 18.8. The molecule has 7 nitrogen and oxygen atoms in total. The summed E-state index contributed by atoms with van der Waals surface area (Å²) in [6, 6.07) is 5.54. The number of hydrogen-bond acceptors (Lipinski definition) is 5. The SMILES string of the molecule is O=C1CCC(N2Cc3cccc(CN4CCC(C5CCCNCC5)CC4)c3C2=O)C(=O)N1. The van der Waals surface area contributed by atoms with Gasteiger partial charge in [0.1, 0.15) is 6.04 Å². The highest BCUT2D eigenvalue weighted by atomic mass is 16.2. The van der Waals surface area contributed by atoms with E-state index in [1.807, 2.05) is 12.1 Å². The van der Waals surface area contributed by atoms with Crippen LogP contribution in [0.2, 0.25) is 0 Å². The second-order valence-corrected chi connectivity index (χ2v) is 9.91. The van der Waals surface area contributed by atoms with E-state index in [4.69, 9.17) is 0 Å². The summed E-state index contributed by atoms with van der Waals surface area (Å²) in [5.74, 6) is 1.03. The Morgan fingerprint density at radius 1 is 0.938 bits per heavy atom. The number of likely N-dealkylation sites (tertiary alicyclic amines) is 1. The number of rotatable bonds is 4. The van der Waals surface area contributed by atoms with Crippen molar-refractivity contribution in [2.24, 2.45) is 11.8 Å². The predicted molar refractivity (Wildman–Crippen MR) is 121 cm³/mol. The van der Waals surface area contributed by atoms with E-state index >= 15 is 0 Å². The lowest BCUT2D eigenvalue weighted by atomic mass is 9.80. The molecule has 0 spiro atoms. The molecule has 7 heteroatoms. The number of amides is 3. The zero-order valence-electron chi connectivity index (χ0n) is 18.8. The molecule has 3 amide bonds. The van der Waals surface area contributed by atoms with Crippen LogP contribution in [-0.2, 0) is 22.7 Å². The van der Waals surface area contributed by atoms with Gasteiger partial charge in [0.05, 0.1) is 0 Å². The monoisotopic (exact) mass is 438 g/mol. The highest BCUT2D eigenvalue weighted by Crippen LogP contribution is 2.34. The average molecular weight is 439 g/mol. The molecule has 3 saturated heterocycles. The van der Waals surface area contributed by atoms with Gasteiger partial charge in [-0.05, 0) is 87.7 Å². The van der Waals surface area contributed by atoms with Crippen LogP contribution in [0.1, 0.15) is 66.4 Å². The Hall–Kier alpha value is -2.25. The number of carbonyl (C=O) groups excluding carboxylic acids is 3. The van der Waals surface area contributed by atoms with Crippen LogP contribution >= 0.6 is 0 Å². The topological polar surface area (TPSA) is 81.8 Å². The highest BCUT2D eigenvalue weighted by Gasteiger charge is 2.40. The van der Waals surface area contributed by atoms with Gasteiger partial charge in [-0.25, -0.2) is 0 Å². The number of imide groups is 1. The number of nitrogens with one attached hydrogen (secondary N) is 2. The summed E-state index contributed by atoms with van der Waals surface area (Å²) in [6.45, 7) is 5.74. The van der Waals surface area contributed by atoms with Crippen molar-refractivity contribution in [2.75, 3.05) is 26.2 Å². The molecule has 2 N–H and O–H groups in total. The van der Waals surface area contributed by atoms with Crippen molar-refractivity contribution in [3.05, 3.63) is 34.9 Å². The summed E-state index contributed by atoms with van der Waals surface area (Å²) in [6.07, 6.45) is 7.15. The summed E-state index contributed by atoms with van der Waals surface area (Å²) >= 11 is 0. The number of fused-ring (bicyclic) bond motifs is 1. The maximum absolute atomic E-state index is 13.3. The number of hydrogen-bond donors (Lipinski definition) is 2. The van der Waals surface area contributed by atoms with E-state index in [0.29, 0.717) is 13.0 Å². The Bertz CT molecular complexity index is 885. The van der Waals surface area contributed by atoms with E-state index in [0.717, 1.165) is 54.7 Å². The van der Waals surface area contributed by atoms with Gasteiger partial charge in [0, 0.05) is 25.1 Å². The van der Waals surface area contributed by atoms with Gasteiger partial charge in [0.15, 0.2) is 0 Å². The van der Waals surface area contributed by atoms with Gasteiger partial charge >= 0.3 is 0 Å². The minimum Gasteiger partial charge on any atom is -0.322 e. The lowest BCUT2D eigenvalue weighted by Gasteiger charge is -2.36. The van der Waals surface area contributed by atoms with Crippen molar-refractivity contribution in [1.82, 2.24) is 20.4 Å². The van der Waals surface area contributed by atoms with E-state index in [9.17, 15) is 14.4 Å². The molecule has 3 fully saturated rings. The van der Waals surface area contributed by atoms with Crippen LogP contribution in [0.5, 0.6) is 0 Å². The third-order valence-electron chi connectivity index (χ3n) is 7.95. The Morgan fingerprint density at radius 3 is 2.56 bits per heavy atom. The molecule has 172 valence electrons. The summed E-state index contributed by atoms with van der Waals surface area (Å²) in [5.41, 5.74) is 2.84. The summed E-state index contributed by atoms with van der Waals surface area (Å²) < 4.78 is 0. The minimum absolute atomic E-state index is 0.0639. The first kappa shape index (κ1) is 21.6. The molecule has 4 aliphatic heterocycles. The highest BCUT2D eigenvalue weighted by molar-refractivity contribution is 6.05. The van der Waals surface area contributed by atoms with E-state index in [2.05, 4.69) is 21.6 Å². The summed E-state index contributed by atoms with van der Waals surface area (Å²) in [7, 11) is 0. The Kier molecular flexibility index (Phi) is 6.28. The van der Waals surface area contributed by atoms with E-state index in [1.54, 1.807) is 4.90 Å². The average Bonchev–Trinajstić information content (AvgIpc) is 2.96. The fraction of sp³-hybridized carbons (Fsp3) is 0.640. The molecule has 1 aromatic carbocycles. The Labute approximate surface area is 189 Å². The molecule has 0 aromatic heterocycles. The van der Waals surface area contributed by atoms with Gasteiger partial charge in [0.25, 0.3) is 5.91 Å². The molecule has 0 radical (unpaired) electrons. The minimum atomic E-state index is -0.551. The normalized spacial score (nSPS) is 27.9.